The Hall–Kier alpha value is -3.22. The average molecular weight is 402 g/mol. The summed E-state index contributed by atoms with van der Waals surface area (Å²) in [5.41, 5.74) is 1.55. The van der Waals surface area contributed by atoms with E-state index in [0.717, 1.165) is 25.7 Å². The quantitative estimate of drug-likeness (QED) is 0.204. The largest absolute Gasteiger partial charge is 0.462 e. The van der Waals surface area contributed by atoms with Gasteiger partial charge in [0, 0.05) is 11.1 Å². The van der Waals surface area contributed by atoms with Crippen molar-refractivity contribution in [1.82, 2.24) is 0 Å². The third kappa shape index (κ3) is 8.55. The first-order valence-corrected chi connectivity index (χ1v) is 9.24. The zero-order chi connectivity index (χ0) is 21.8. The molecule has 7 nitrogen and oxygen atoms in total. The number of hydrogen-bond donors (Lipinski definition) is 0. The molecule has 156 valence electrons. The van der Waals surface area contributed by atoms with E-state index in [2.05, 4.69) is 17.9 Å². The second-order valence-electron chi connectivity index (χ2n) is 6.47. The summed E-state index contributed by atoms with van der Waals surface area (Å²) in [5.74, 6) is -1.79. The van der Waals surface area contributed by atoms with Gasteiger partial charge in [0.05, 0.1) is 24.3 Å². The van der Waals surface area contributed by atoms with E-state index in [-0.39, 0.29) is 11.9 Å². The van der Waals surface area contributed by atoms with Crippen molar-refractivity contribution in [3.8, 4) is 0 Å². The summed E-state index contributed by atoms with van der Waals surface area (Å²) in [6, 6.07) is 6.53. The van der Waals surface area contributed by atoms with Gasteiger partial charge in [-0.05, 0) is 51.7 Å². The first-order chi connectivity index (χ1) is 13.7. The van der Waals surface area contributed by atoms with Gasteiger partial charge in [0.1, 0.15) is 0 Å². The Morgan fingerprint density at radius 2 is 1.17 bits per heavy atom. The Kier molecular flexibility index (Phi) is 10.1. The minimum atomic E-state index is -0.550. The van der Waals surface area contributed by atoms with Gasteiger partial charge in [0.25, 0.3) is 0 Å². The van der Waals surface area contributed by atoms with Crippen molar-refractivity contribution < 1.29 is 33.4 Å². The zero-order valence-electron chi connectivity index (χ0n) is 16.8. The number of benzene rings is 1. The Labute approximate surface area is 170 Å². The minimum absolute atomic E-state index is 0.342. The van der Waals surface area contributed by atoms with Crippen LogP contribution in [0.5, 0.6) is 0 Å². The lowest BCUT2D eigenvalue weighted by atomic mass is 10.1. The maximum atomic E-state index is 11.0. The number of carbonyl (C=O) groups excluding carboxylic acids is 4. The van der Waals surface area contributed by atoms with Crippen LogP contribution < -0.4 is 0 Å². The normalized spacial score (nSPS) is 11.5. The molecule has 0 N–H and O–H groups in total. The molecule has 29 heavy (non-hydrogen) atoms. The molecule has 1 aromatic rings. The van der Waals surface area contributed by atoms with Gasteiger partial charge in [-0.25, -0.2) is 19.2 Å². The van der Waals surface area contributed by atoms with Crippen molar-refractivity contribution in [3.63, 3.8) is 0 Å². The van der Waals surface area contributed by atoms with E-state index in [1.807, 2.05) is 0 Å². The Balaban J connectivity index is 0.000000321. The van der Waals surface area contributed by atoms with Crippen LogP contribution in [0.3, 0.4) is 0 Å². The average Bonchev–Trinajstić information content (AvgIpc) is 2.98. The molecule has 2 rings (SSSR count). The molecular formula is C22H26O7. The van der Waals surface area contributed by atoms with Gasteiger partial charge < -0.3 is 14.2 Å². The van der Waals surface area contributed by atoms with Gasteiger partial charge in [-0.3, -0.25) is 0 Å². The first kappa shape index (κ1) is 23.8. The maximum Gasteiger partial charge on any atom is 0.346 e. The topological polar surface area (TPSA) is 96.0 Å². The molecule has 1 aromatic carbocycles. The zero-order valence-corrected chi connectivity index (χ0v) is 16.8. The number of cyclic esters (lactones) is 2. The smallest absolute Gasteiger partial charge is 0.346 e. The van der Waals surface area contributed by atoms with E-state index >= 15 is 0 Å². The molecule has 1 heterocycles. The van der Waals surface area contributed by atoms with Gasteiger partial charge >= 0.3 is 23.9 Å². The van der Waals surface area contributed by atoms with Crippen LogP contribution >= 0.6 is 0 Å². The predicted octanol–water partition coefficient (Wildman–Crippen LogP) is 3.78. The fraction of sp³-hybridized carbons (Fsp3) is 0.364. The fourth-order valence-electron chi connectivity index (χ4n) is 2.17. The summed E-state index contributed by atoms with van der Waals surface area (Å²) in [7, 11) is 0. The number of esters is 4. The number of rotatable bonds is 9. The van der Waals surface area contributed by atoms with Crippen molar-refractivity contribution in [2.75, 3.05) is 13.2 Å². The molecule has 0 saturated heterocycles. The third-order valence-electron chi connectivity index (χ3n) is 3.75. The molecule has 0 atom stereocenters. The molecule has 1 aliphatic heterocycles. The lowest BCUT2D eigenvalue weighted by molar-refractivity contribution is -0.140. The highest BCUT2D eigenvalue weighted by atomic mass is 16.6. The Morgan fingerprint density at radius 3 is 1.52 bits per heavy atom. The summed E-state index contributed by atoms with van der Waals surface area (Å²) in [6.07, 6.45) is 3.50. The van der Waals surface area contributed by atoms with Crippen molar-refractivity contribution >= 4 is 23.9 Å². The van der Waals surface area contributed by atoms with Crippen molar-refractivity contribution in [2.24, 2.45) is 0 Å². The molecular weight excluding hydrogens is 376 g/mol. The summed E-state index contributed by atoms with van der Waals surface area (Å²) in [6.45, 7) is 11.1. The second kappa shape index (κ2) is 12.3. The maximum absolute atomic E-state index is 11.0. The molecule has 0 spiro atoms. The summed E-state index contributed by atoms with van der Waals surface area (Å²) >= 11 is 0. The number of hydrogen-bond acceptors (Lipinski definition) is 7. The number of unbranched alkanes of at least 4 members (excludes halogenated alkanes) is 3. The Morgan fingerprint density at radius 1 is 0.793 bits per heavy atom. The summed E-state index contributed by atoms with van der Waals surface area (Å²) < 4.78 is 14.2. The van der Waals surface area contributed by atoms with Crippen molar-refractivity contribution in [2.45, 2.75) is 39.5 Å². The molecule has 7 heteroatoms. The van der Waals surface area contributed by atoms with E-state index in [4.69, 9.17) is 9.47 Å². The second-order valence-corrected chi connectivity index (χ2v) is 6.47. The molecule has 0 fully saturated rings. The van der Waals surface area contributed by atoms with Crippen LogP contribution in [0.2, 0.25) is 0 Å². The van der Waals surface area contributed by atoms with E-state index in [0.29, 0.717) is 35.5 Å². The summed E-state index contributed by atoms with van der Waals surface area (Å²) in [4.78, 5) is 43.7. The highest BCUT2D eigenvalue weighted by Gasteiger charge is 2.28. The van der Waals surface area contributed by atoms with E-state index in [1.165, 1.54) is 0 Å². The summed E-state index contributed by atoms with van der Waals surface area (Å²) in [5, 5.41) is 0. The SMILES string of the molecule is C=C(C)C(=O)OCCCCCCOC(=O)C(=C)C.O=C1OC(=O)c2ccccc21. The molecule has 0 bridgehead atoms. The molecule has 0 amide bonds. The molecule has 0 aromatic heterocycles. The first-order valence-electron chi connectivity index (χ1n) is 9.24. The van der Waals surface area contributed by atoms with Crippen LogP contribution in [-0.2, 0) is 23.8 Å². The van der Waals surface area contributed by atoms with Crippen LogP contribution in [0, 0.1) is 0 Å². The fourth-order valence-corrected chi connectivity index (χ4v) is 2.17. The highest BCUT2D eigenvalue weighted by Crippen LogP contribution is 2.18. The van der Waals surface area contributed by atoms with Crippen LogP contribution in [0.15, 0.2) is 48.6 Å². The molecule has 0 radical (unpaired) electrons. The number of carbonyl (C=O) groups is 4. The van der Waals surface area contributed by atoms with Crippen LogP contribution in [0.1, 0.15) is 60.2 Å². The lowest BCUT2D eigenvalue weighted by Gasteiger charge is -2.05. The number of fused-ring (bicyclic) bond motifs is 1. The minimum Gasteiger partial charge on any atom is -0.462 e. The van der Waals surface area contributed by atoms with E-state index < -0.39 is 11.9 Å². The van der Waals surface area contributed by atoms with Gasteiger partial charge in [-0.1, -0.05) is 25.3 Å². The Bertz CT molecular complexity index is 727. The highest BCUT2D eigenvalue weighted by molar-refractivity contribution is 6.14. The van der Waals surface area contributed by atoms with Crippen molar-refractivity contribution in [3.05, 3.63) is 59.7 Å². The van der Waals surface area contributed by atoms with Crippen LogP contribution in [-0.4, -0.2) is 37.1 Å². The predicted molar refractivity (Wildman–Crippen MR) is 106 cm³/mol. The molecule has 0 saturated carbocycles. The number of ether oxygens (including phenoxy) is 3. The standard InChI is InChI=1S/C14H22O4.C8H4O3/c1-11(2)13(15)17-9-7-5-6-8-10-18-14(16)12(3)4;9-7-5-3-1-2-4-6(5)8(10)11-7/h1,3,5-10H2,2,4H3;1-4H. The molecule has 0 unspecified atom stereocenters. The van der Waals surface area contributed by atoms with Gasteiger partial charge in [0.2, 0.25) is 0 Å². The van der Waals surface area contributed by atoms with E-state index in [1.54, 1.807) is 38.1 Å². The lowest BCUT2D eigenvalue weighted by Crippen LogP contribution is -2.07. The monoisotopic (exact) mass is 402 g/mol. The van der Waals surface area contributed by atoms with Gasteiger partial charge in [-0.2, -0.15) is 0 Å². The third-order valence-corrected chi connectivity index (χ3v) is 3.75. The molecule has 0 aliphatic carbocycles. The van der Waals surface area contributed by atoms with Crippen LogP contribution in [0.4, 0.5) is 0 Å². The van der Waals surface area contributed by atoms with Crippen LogP contribution in [0.25, 0.3) is 0 Å². The van der Waals surface area contributed by atoms with Gasteiger partial charge in [0.15, 0.2) is 0 Å². The van der Waals surface area contributed by atoms with Crippen molar-refractivity contribution in [1.29, 1.82) is 0 Å². The van der Waals surface area contributed by atoms with E-state index in [9.17, 15) is 19.2 Å². The van der Waals surface area contributed by atoms with Gasteiger partial charge in [-0.15, -0.1) is 0 Å². The molecule has 1 aliphatic rings.